The highest BCUT2D eigenvalue weighted by molar-refractivity contribution is 7.22. The molecule has 3 aliphatic heterocycles. The number of pyridine rings is 1. The Balaban J connectivity index is 0.622. The van der Waals surface area contributed by atoms with Gasteiger partial charge in [-0.3, -0.25) is 34.1 Å². The van der Waals surface area contributed by atoms with E-state index in [0.717, 1.165) is 146 Å². The predicted molar refractivity (Wildman–Crippen MR) is 311 cm³/mol. The van der Waals surface area contributed by atoms with Crippen LogP contribution in [0.4, 0.5) is 22.6 Å². The van der Waals surface area contributed by atoms with Gasteiger partial charge in [-0.05, 0) is 151 Å². The maximum Gasteiger partial charge on any atom is 0.355 e. The number of ether oxygens (including phenoxy) is 2. The number of hydrogen-bond donors (Lipinski definition) is 3. The van der Waals surface area contributed by atoms with E-state index in [4.69, 9.17) is 29.6 Å². The highest BCUT2D eigenvalue weighted by Crippen LogP contribution is 2.72. The number of nitrogens with zero attached hydrogens (tertiary/aromatic N) is 9. The summed E-state index contributed by atoms with van der Waals surface area (Å²) < 4.78 is 16.4. The number of carboxylic acid groups (broad SMARTS) is 1. The summed E-state index contributed by atoms with van der Waals surface area (Å²) in [5, 5.41) is 31.4. The number of piperidine rings is 1. The van der Waals surface area contributed by atoms with Crippen LogP contribution in [0, 0.1) is 30.1 Å². The average molecular weight is 1130 g/mol. The van der Waals surface area contributed by atoms with Gasteiger partial charge in [-0.1, -0.05) is 69.1 Å². The fraction of sp³-hybridized carbons (Fsp3) is 0.516. The number of amides is 4. The van der Waals surface area contributed by atoms with E-state index in [1.807, 2.05) is 48.4 Å². The van der Waals surface area contributed by atoms with Gasteiger partial charge in [0, 0.05) is 54.0 Å². The van der Waals surface area contributed by atoms with Crippen molar-refractivity contribution in [3.8, 4) is 16.9 Å². The van der Waals surface area contributed by atoms with E-state index in [1.165, 1.54) is 6.42 Å². The summed E-state index contributed by atoms with van der Waals surface area (Å²) in [7, 11) is 2.19. The van der Waals surface area contributed by atoms with Crippen molar-refractivity contribution in [1.29, 1.82) is 0 Å². The second-order valence-electron chi connectivity index (χ2n) is 25.1. The molecular formula is C62H73N11O8S. The molecule has 0 spiro atoms. The molecule has 430 valence electrons. The van der Waals surface area contributed by atoms with E-state index >= 15 is 0 Å². The molecule has 5 fully saturated rings. The number of hydrogen-bond acceptors (Lipinski definition) is 16. The van der Waals surface area contributed by atoms with E-state index in [0.29, 0.717) is 48.5 Å². The van der Waals surface area contributed by atoms with Gasteiger partial charge in [0.15, 0.2) is 22.5 Å². The number of anilines is 4. The van der Waals surface area contributed by atoms with Gasteiger partial charge in [0.2, 0.25) is 11.8 Å². The van der Waals surface area contributed by atoms with E-state index in [2.05, 4.69) is 59.2 Å². The summed E-state index contributed by atoms with van der Waals surface area (Å²) >= 11 is 1.57. The van der Waals surface area contributed by atoms with Crippen LogP contribution in [0.5, 0.6) is 5.75 Å². The molecule has 0 radical (unpaired) electrons. The van der Waals surface area contributed by atoms with Gasteiger partial charge in [0.25, 0.3) is 11.8 Å². The van der Waals surface area contributed by atoms with Crippen LogP contribution in [-0.2, 0) is 27.3 Å². The third kappa shape index (κ3) is 10.7. The Hall–Kier alpha value is -7.16. The normalized spacial score (nSPS) is 24.6. The zero-order valence-electron chi connectivity index (χ0n) is 47.6. The number of imide groups is 2. The van der Waals surface area contributed by atoms with E-state index in [1.54, 1.807) is 29.5 Å². The number of unbranched alkanes of at least 4 members (excludes halogenated alkanes) is 5. The molecule has 3 atom stereocenters. The molecule has 82 heavy (non-hydrogen) atoms. The molecule has 2 aromatic carbocycles. The number of aromatic nitrogens is 6. The molecule has 4 aromatic heterocycles. The quantitative estimate of drug-likeness (QED) is 0.0424. The number of para-hydroxylation sites is 1. The Morgan fingerprint density at radius 2 is 1.61 bits per heavy atom. The van der Waals surface area contributed by atoms with Crippen molar-refractivity contribution < 1.29 is 38.6 Å². The first kappa shape index (κ1) is 55.4. The third-order valence-corrected chi connectivity index (χ3v) is 19.3. The highest BCUT2D eigenvalue weighted by atomic mass is 32.1. The molecule has 7 heterocycles. The minimum absolute atomic E-state index is 0.00492. The maximum atomic E-state index is 13.4. The fourth-order valence-electron chi connectivity index (χ4n) is 15.8. The van der Waals surface area contributed by atoms with Crippen molar-refractivity contribution in [2.24, 2.45) is 16.2 Å². The number of aromatic carboxylic acids is 1. The first-order valence-electron chi connectivity index (χ1n) is 29.2. The lowest BCUT2D eigenvalue weighted by Crippen LogP contribution is -2.64. The number of rotatable bonds is 22. The van der Waals surface area contributed by atoms with Gasteiger partial charge in [0.05, 0.1) is 46.4 Å². The minimum Gasteiger partial charge on any atom is -0.493 e. The van der Waals surface area contributed by atoms with Crippen LogP contribution in [0.25, 0.3) is 21.3 Å². The molecule has 13 rings (SSSR count). The minimum atomic E-state index is -1.10. The first-order chi connectivity index (χ1) is 39.4. The van der Waals surface area contributed by atoms with Crippen molar-refractivity contribution >= 4 is 73.7 Å². The van der Waals surface area contributed by atoms with Crippen molar-refractivity contribution in [2.75, 3.05) is 50.1 Å². The standard InChI is InChI=1S/C62H73N11O8S/c1-38-40-17-15-26-71(53(40)69-68-52(38)67-58-64-44-18-10-11-20-47(44)82-58)48-23-21-41(51(65-48)57(78)79)43-30-63-72(39(43)2)37-61-32-59(3)31-60(4,33-61)35-62(34-59,36-61)81-29-27-70(5)25-12-8-6-7-9-13-28-80-46-19-14-16-42-50(46)56(77)73(55(42)76)45-22-24-49(74)66-54(45)75/h10-11,14,16,18-21,23,30,45H,6-9,12-13,15,17,22,24-29,31-37H2,1-5H3,(H,78,79)(H,64,67,68)(H,66,74,75). The van der Waals surface area contributed by atoms with Gasteiger partial charge in [0.1, 0.15) is 17.6 Å². The number of carbonyl (C=O) groups excluding carboxylic acids is 4. The fourth-order valence-corrected chi connectivity index (χ4v) is 16.6. The van der Waals surface area contributed by atoms with Gasteiger partial charge in [-0.15, -0.1) is 10.2 Å². The lowest BCUT2D eigenvalue weighted by Gasteiger charge is -2.69. The Morgan fingerprint density at radius 1 is 0.829 bits per heavy atom. The zero-order chi connectivity index (χ0) is 57.1. The smallest absolute Gasteiger partial charge is 0.355 e. The van der Waals surface area contributed by atoms with Crippen LogP contribution < -0.4 is 20.3 Å². The zero-order valence-corrected chi connectivity index (χ0v) is 48.5. The molecule has 3 N–H and O–H groups in total. The largest absolute Gasteiger partial charge is 0.493 e. The van der Waals surface area contributed by atoms with Crippen LogP contribution in [0.2, 0.25) is 0 Å². The number of benzene rings is 2. The number of fused-ring (bicyclic) bond motifs is 3. The highest BCUT2D eigenvalue weighted by Gasteiger charge is 2.66. The van der Waals surface area contributed by atoms with Crippen molar-refractivity contribution in [3.63, 3.8) is 0 Å². The monoisotopic (exact) mass is 1130 g/mol. The van der Waals surface area contributed by atoms with Crippen molar-refractivity contribution in [1.82, 2.24) is 45.1 Å². The Bertz CT molecular complexity index is 3470. The van der Waals surface area contributed by atoms with E-state index in [9.17, 15) is 29.1 Å². The van der Waals surface area contributed by atoms with Gasteiger partial charge in [-0.2, -0.15) is 5.10 Å². The maximum absolute atomic E-state index is 13.4. The average Bonchev–Trinajstić information content (AvgIpc) is 4.30. The van der Waals surface area contributed by atoms with Gasteiger partial charge < -0.3 is 29.7 Å². The van der Waals surface area contributed by atoms with Crippen LogP contribution in [0.15, 0.2) is 60.8 Å². The lowest BCUT2D eigenvalue weighted by molar-refractivity contribution is -0.248. The van der Waals surface area contributed by atoms with Crippen LogP contribution in [0.1, 0.15) is 158 Å². The van der Waals surface area contributed by atoms with Crippen molar-refractivity contribution in [3.05, 3.63) is 94.4 Å². The second kappa shape index (κ2) is 21.9. The molecule has 7 aliphatic rings. The molecule has 4 amide bonds. The molecule has 6 aromatic rings. The summed E-state index contributed by atoms with van der Waals surface area (Å²) in [5.74, 6) is -1.03. The van der Waals surface area contributed by atoms with Gasteiger partial charge in [-0.25, -0.2) is 14.8 Å². The predicted octanol–water partition coefficient (Wildman–Crippen LogP) is 10.4. The van der Waals surface area contributed by atoms with Gasteiger partial charge >= 0.3 is 5.97 Å². The second-order valence-corrected chi connectivity index (χ2v) is 26.2. The summed E-state index contributed by atoms with van der Waals surface area (Å²) in [5.41, 5.74) is 5.71. The summed E-state index contributed by atoms with van der Waals surface area (Å²) in [6.45, 7) is 13.4. The molecule has 4 aliphatic carbocycles. The van der Waals surface area contributed by atoms with Crippen molar-refractivity contribution in [2.45, 2.75) is 149 Å². The number of likely N-dealkylation sites (N-methyl/N-ethyl adjacent to an activating group) is 1. The topological polar surface area (TPSA) is 227 Å². The number of carbonyl (C=O) groups is 5. The molecule has 4 saturated carbocycles. The number of thiazole rings is 1. The molecule has 4 bridgehead atoms. The Morgan fingerprint density at radius 3 is 2.39 bits per heavy atom. The molecular weight excluding hydrogens is 1060 g/mol. The van der Waals surface area contributed by atoms with E-state index in [-0.39, 0.29) is 51.5 Å². The number of nitrogens with one attached hydrogen (secondary N) is 2. The lowest BCUT2D eigenvalue weighted by atomic mass is 9.39. The van der Waals surface area contributed by atoms with Crippen LogP contribution >= 0.6 is 11.3 Å². The summed E-state index contributed by atoms with van der Waals surface area (Å²) in [6.07, 6.45) is 16.4. The molecule has 19 nitrogen and oxygen atoms in total. The molecule has 1 saturated heterocycles. The number of carboxylic acids is 1. The van der Waals surface area contributed by atoms with E-state index < -0.39 is 35.6 Å². The Kier molecular flexibility index (Phi) is 14.8. The van der Waals surface area contributed by atoms with Crippen LogP contribution in [-0.4, -0.2) is 126 Å². The summed E-state index contributed by atoms with van der Waals surface area (Å²) in [6, 6.07) is 15.7. The first-order valence-corrected chi connectivity index (χ1v) is 30.1. The Labute approximate surface area is 481 Å². The third-order valence-electron chi connectivity index (χ3n) is 18.3. The SMILES string of the molecule is Cc1c(Nc2nc3ccccc3s2)nnc2c1CCCN2c1ccc(-c2cnn(CC34CC5(C)CC(C)(C3)CC(OCCN(C)CCCCCCCCOc3cccc6c3C(=O)N(C3CCC(=O)NC3=O)C6=O)(C5)C4)c2C)c(C(=O)O)n1. The summed E-state index contributed by atoms with van der Waals surface area (Å²) in [4.78, 5) is 78.8. The molecule has 20 heteroatoms. The molecule has 3 unspecified atom stereocenters. The van der Waals surface area contributed by atoms with Crippen LogP contribution in [0.3, 0.4) is 0 Å².